The lowest BCUT2D eigenvalue weighted by atomic mass is 9.86. The Labute approximate surface area is 96.8 Å². The quantitative estimate of drug-likeness (QED) is 0.779. The molecule has 1 aromatic rings. The van der Waals surface area contributed by atoms with Crippen molar-refractivity contribution in [2.75, 3.05) is 0 Å². The molecule has 0 aromatic heterocycles. The van der Waals surface area contributed by atoms with Gasteiger partial charge < -0.3 is 5.21 Å². The number of benzene rings is 1. The summed E-state index contributed by atoms with van der Waals surface area (Å²) in [6.45, 7) is 0. The van der Waals surface area contributed by atoms with Crippen molar-refractivity contribution in [2.45, 2.75) is 44.2 Å². The SMILES string of the molecule is ON1[C@@H](c2ccccc2)CC[C@@H]2CCC[C@H]21. The van der Waals surface area contributed by atoms with Gasteiger partial charge in [0.05, 0.1) is 6.04 Å². The third-order valence-electron chi connectivity index (χ3n) is 4.27. The molecule has 1 saturated heterocycles. The largest absolute Gasteiger partial charge is 0.313 e. The summed E-state index contributed by atoms with van der Waals surface area (Å²) in [6, 6.07) is 11.0. The third-order valence-corrected chi connectivity index (χ3v) is 4.27. The topological polar surface area (TPSA) is 23.5 Å². The summed E-state index contributed by atoms with van der Waals surface area (Å²) in [4.78, 5) is 0. The summed E-state index contributed by atoms with van der Waals surface area (Å²) in [6.07, 6.45) is 6.14. The highest BCUT2D eigenvalue weighted by Crippen LogP contribution is 2.43. The van der Waals surface area contributed by atoms with Crippen molar-refractivity contribution in [3.63, 3.8) is 0 Å². The Morgan fingerprint density at radius 2 is 1.81 bits per heavy atom. The van der Waals surface area contributed by atoms with Gasteiger partial charge in [-0.2, -0.15) is 5.06 Å². The van der Waals surface area contributed by atoms with Gasteiger partial charge in [-0.1, -0.05) is 36.8 Å². The Morgan fingerprint density at radius 3 is 2.62 bits per heavy atom. The van der Waals surface area contributed by atoms with E-state index in [1.807, 2.05) is 6.07 Å². The van der Waals surface area contributed by atoms with E-state index in [-0.39, 0.29) is 6.04 Å². The molecule has 3 atom stereocenters. The Hall–Kier alpha value is -0.860. The summed E-state index contributed by atoms with van der Waals surface area (Å²) < 4.78 is 0. The molecule has 1 aliphatic heterocycles. The number of hydroxylamine groups is 2. The monoisotopic (exact) mass is 217 g/mol. The second-order valence-corrected chi connectivity index (χ2v) is 5.14. The van der Waals surface area contributed by atoms with Crippen molar-refractivity contribution in [1.82, 2.24) is 5.06 Å². The van der Waals surface area contributed by atoms with Gasteiger partial charge in [0.15, 0.2) is 0 Å². The first-order valence-electron chi connectivity index (χ1n) is 6.38. The number of hydrogen-bond donors (Lipinski definition) is 1. The lowest BCUT2D eigenvalue weighted by Gasteiger charge is -2.39. The average Bonchev–Trinajstić information content (AvgIpc) is 2.80. The number of hydrogen-bond acceptors (Lipinski definition) is 2. The van der Waals surface area contributed by atoms with Gasteiger partial charge >= 0.3 is 0 Å². The van der Waals surface area contributed by atoms with Gasteiger partial charge in [-0.25, -0.2) is 0 Å². The molecular weight excluding hydrogens is 198 g/mol. The predicted molar refractivity (Wildman–Crippen MR) is 63.2 cm³/mol. The van der Waals surface area contributed by atoms with Gasteiger partial charge in [-0.05, 0) is 37.2 Å². The molecule has 3 rings (SSSR count). The van der Waals surface area contributed by atoms with Gasteiger partial charge in [0, 0.05) is 6.04 Å². The fourth-order valence-corrected chi connectivity index (χ4v) is 3.43. The normalized spacial score (nSPS) is 34.9. The number of piperidine rings is 1. The Balaban J connectivity index is 1.82. The Kier molecular flexibility index (Phi) is 2.70. The molecule has 0 spiro atoms. The smallest absolute Gasteiger partial charge is 0.0602 e. The molecule has 16 heavy (non-hydrogen) atoms. The van der Waals surface area contributed by atoms with Crippen molar-refractivity contribution in [2.24, 2.45) is 5.92 Å². The Morgan fingerprint density at radius 1 is 1.00 bits per heavy atom. The van der Waals surface area contributed by atoms with E-state index in [0.717, 1.165) is 12.3 Å². The van der Waals surface area contributed by atoms with Crippen LogP contribution in [0.25, 0.3) is 0 Å². The zero-order valence-electron chi connectivity index (χ0n) is 9.55. The van der Waals surface area contributed by atoms with Crippen LogP contribution in [0.3, 0.4) is 0 Å². The van der Waals surface area contributed by atoms with Crippen LogP contribution in [-0.4, -0.2) is 16.3 Å². The van der Waals surface area contributed by atoms with E-state index in [2.05, 4.69) is 24.3 Å². The molecule has 86 valence electrons. The molecule has 1 heterocycles. The molecule has 0 bridgehead atoms. The van der Waals surface area contributed by atoms with Crippen molar-refractivity contribution >= 4 is 0 Å². The molecule has 1 aromatic carbocycles. The zero-order valence-corrected chi connectivity index (χ0v) is 9.55. The first-order chi connectivity index (χ1) is 7.86. The highest BCUT2D eigenvalue weighted by Gasteiger charge is 2.39. The van der Waals surface area contributed by atoms with Gasteiger partial charge in [0.2, 0.25) is 0 Å². The summed E-state index contributed by atoms with van der Waals surface area (Å²) in [7, 11) is 0. The van der Waals surface area contributed by atoms with Gasteiger partial charge in [-0.3, -0.25) is 0 Å². The highest BCUT2D eigenvalue weighted by molar-refractivity contribution is 5.19. The lowest BCUT2D eigenvalue weighted by molar-refractivity contribution is -0.189. The fourth-order valence-electron chi connectivity index (χ4n) is 3.43. The average molecular weight is 217 g/mol. The number of rotatable bonds is 1. The first-order valence-corrected chi connectivity index (χ1v) is 6.38. The molecule has 2 aliphatic rings. The van der Waals surface area contributed by atoms with Crippen molar-refractivity contribution < 1.29 is 5.21 Å². The second kappa shape index (κ2) is 4.19. The van der Waals surface area contributed by atoms with Crippen LogP contribution < -0.4 is 0 Å². The molecule has 1 saturated carbocycles. The standard InChI is InChI=1S/C14H19NO/c16-15-13-8-4-7-12(13)9-10-14(15)11-5-2-1-3-6-11/h1-3,5-6,12-14,16H,4,7-10H2/t12-,13+,14+/m0/s1. The molecule has 2 fully saturated rings. The Bertz CT molecular complexity index is 351. The molecule has 2 heteroatoms. The van der Waals surface area contributed by atoms with Gasteiger partial charge in [0.1, 0.15) is 0 Å². The molecule has 0 unspecified atom stereocenters. The van der Waals surface area contributed by atoms with Crippen molar-refractivity contribution in [3.05, 3.63) is 35.9 Å². The van der Waals surface area contributed by atoms with Gasteiger partial charge in [0.25, 0.3) is 0 Å². The minimum Gasteiger partial charge on any atom is -0.313 e. The molecule has 1 N–H and O–H groups in total. The van der Waals surface area contributed by atoms with E-state index >= 15 is 0 Å². The minimum atomic E-state index is 0.223. The van der Waals surface area contributed by atoms with E-state index in [9.17, 15) is 5.21 Å². The summed E-state index contributed by atoms with van der Waals surface area (Å²) in [5.74, 6) is 0.741. The van der Waals surface area contributed by atoms with E-state index in [1.54, 1.807) is 5.06 Å². The summed E-state index contributed by atoms with van der Waals surface area (Å²) >= 11 is 0. The molecule has 0 amide bonds. The van der Waals surface area contributed by atoms with Gasteiger partial charge in [-0.15, -0.1) is 0 Å². The van der Waals surface area contributed by atoms with Crippen LogP contribution in [0.2, 0.25) is 0 Å². The number of fused-ring (bicyclic) bond motifs is 1. The molecule has 2 nitrogen and oxygen atoms in total. The predicted octanol–water partition coefficient (Wildman–Crippen LogP) is 3.38. The molecule has 0 radical (unpaired) electrons. The molecule has 1 aliphatic carbocycles. The fraction of sp³-hybridized carbons (Fsp3) is 0.571. The van der Waals surface area contributed by atoms with E-state index < -0.39 is 0 Å². The maximum absolute atomic E-state index is 10.3. The lowest BCUT2D eigenvalue weighted by Crippen LogP contribution is -2.42. The van der Waals surface area contributed by atoms with Crippen molar-refractivity contribution in [1.29, 1.82) is 0 Å². The van der Waals surface area contributed by atoms with Crippen LogP contribution in [0.15, 0.2) is 30.3 Å². The summed E-state index contributed by atoms with van der Waals surface area (Å²) in [5, 5.41) is 12.0. The highest BCUT2D eigenvalue weighted by atomic mass is 16.5. The van der Waals surface area contributed by atoms with Crippen LogP contribution in [0, 0.1) is 5.92 Å². The third kappa shape index (κ3) is 1.66. The van der Waals surface area contributed by atoms with Crippen molar-refractivity contribution in [3.8, 4) is 0 Å². The maximum Gasteiger partial charge on any atom is 0.0602 e. The molecular formula is C14H19NO. The van der Waals surface area contributed by atoms with E-state index in [0.29, 0.717) is 6.04 Å². The minimum absolute atomic E-state index is 0.223. The van der Waals surface area contributed by atoms with Crippen LogP contribution >= 0.6 is 0 Å². The first kappa shape index (κ1) is 10.3. The summed E-state index contributed by atoms with van der Waals surface area (Å²) in [5.41, 5.74) is 1.26. The second-order valence-electron chi connectivity index (χ2n) is 5.14. The van der Waals surface area contributed by atoms with E-state index in [1.165, 1.54) is 31.2 Å². The van der Waals surface area contributed by atoms with E-state index in [4.69, 9.17) is 0 Å². The zero-order chi connectivity index (χ0) is 11.0. The van der Waals surface area contributed by atoms with Crippen LogP contribution in [-0.2, 0) is 0 Å². The van der Waals surface area contributed by atoms with Crippen LogP contribution in [0.5, 0.6) is 0 Å². The van der Waals surface area contributed by atoms with Crippen LogP contribution in [0.4, 0.5) is 0 Å². The van der Waals surface area contributed by atoms with Crippen LogP contribution in [0.1, 0.15) is 43.7 Å². The number of nitrogens with zero attached hydrogens (tertiary/aromatic N) is 1. The maximum atomic E-state index is 10.3.